The maximum Gasteiger partial charge on any atom is 0.326 e. The molecule has 2 aromatic rings. The molecule has 0 saturated carbocycles. The number of phenols is 1. The molecule has 6 N–H and O–H groups in total. The fourth-order valence-corrected chi connectivity index (χ4v) is 5.17. The Hall–Kier alpha value is -4.71. The highest BCUT2D eigenvalue weighted by molar-refractivity contribution is 5.93. The van der Waals surface area contributed by atoms with Gasteiger partial charge < -0.3 is 36.4 Å². The average Bonchev–Trinajstić information content (AvgIpc) is 3.02. The van der Waals surface area contributed by atoms with E-state index in [1.807, 2.05) is 56.3 Å². The Morgan fingerprint density at radius 2 is 1.48 bits per heavy atom. The summed E-state index contributed by atoms with van der Waals surface area (Å²) in [5.74, 6) is -3.16. The first-order valence-corrected chi connectivity index (χ1v) is 15.6. The maximum atomic E-state index is 14.0. The quantitative estimate of drug-likeness (QED) is 0.237. The number of hydrogen-bond donors (Lipinski definition) is 6. The van der Waals surface area contributed by atoms with Crippen molar-refractivity contribution < 1.29 is 34.2 Å². The first-order valence-electron chi connectivity index (χ1n) is 15.6. The number of phenolic OH excluding ortho intramolecular Hbond substituents is 1. The molecule has 0 unspecified atom stereocenters. The summed E-state index contributed by atoms with van der Waals surface area (Å²) in [5.41, 5.74) is 1.58. The Kier molecular flexibility index (Phi) is 14.2. The minimum atomic E-state index is -1.12. The van der Waals surface area contributed by atoms with E-state index < -0.39 is 54.3 Å². The van der Waals surface area contributed by atoms with Crippen LogP contribution in [-0.4, -0.2) is 89.0 Å². The van der Waals surface area contributed by atoms with Gasteiger partial charge in [0, 0.05) is 13.0 Å². The van der Waals surface area contributed by atoms with Crippen LogP contribution in [0.1, 0.15) is 44.2 Å². The molecule has 248 valence electrons. The molecule has 2 aromatic carbocycles. The van der Waals surface area contributed by atoms with Gasteiger partial charge in [0.25, 0.3) is 0 Å². The molecule has 1 aliphatic heterocycles. The lowest BCUT2D eigenvalue weighted by Crippen LogP contribution is -2.56. The number of hydrogen-bond acceptors (Lipinski definition) is 7. The van der Waals surface area contributed by atoms with Gasteiger partial charge in [0.05, 0.1) is 19.1 Å². The van der Waals surface area contributed by atoms with Gasteiger partial charge in [0.15, 0.2) is 0 Å². The molecule has 3 rings (SSSR count). The molecule has 3 atom stereocenters. The molecule has 0 aliphatic carbocycles. The van der Waals surface area contributed by atoms with Crippen molar-refractivity contribution in [1.29, 1.82) is 0 Å². The molecule has 46 heavy (non-hydrogen) atoms. The van der Waals surface area contributed by atoms with E-state index in [2.05, 4.69) is 21.3 Å². The lowest BCUT2D eigenvalue weighted by Gasteiger charge is -2.33. The molecule has 4 amide bonds. The van der Waals surface area contributed by atoms with Crippen molar-refractivity contribution in [3.05, 3.63) is 77.9 Å². The van der Waals surface area contributed by atoms with Crippen LogP contribution < -0.4 is 21.3 Å². The van der Waals surface area contributed by atoms with Crippen molar-refractivity contribution in [3.63, 3.8) is 0 Å². The van der Waals surface area contributed by atoms with Crippen molar-refractivity contribution in [1.82, 2.24) is 26.2 Å². The van der Waals surface area contributed by atoms with Crippen LogP contribution in [0.4, 0.5) is 0 Å². The number of nitrogens with zero attached hydrogens (tertiary/aromatic N) is 1. The van der Waals surface area contributed by atoms with E-state index in [-0.39, 0.29) is 37.6 Å². The van der Waals surface area contributed by atoms with Crippen LogP contribution in [-0.2, 0) is 36.8 Å². The van der Waals surface area contributed by atoms with Gasteiger partial charge in [0.1, 0.15) is 17.8 Å². The molecule has 0 bridgehead atoms. The first-order chi connectivity index (χ1) is 22.0. The second-order valence-electron chi connectivity index (χ2n) is 11.7. The Morgan fingerprint density at radius 1 is 0.848 bits per heavy atom. The zero-order valence-electron chi connectivity index (χ0n) is 26.4. The molecule has 0 aromatic heterocycles. The van der Waals surface area contributed by atoms with Crippen molar-refractivity contribution >= 4 is 29.6 Å². The fraction of sp³-hybridized carbons (Fsp3) is 0.441. The second kappa shape index (κ2) is 18.3. The molecule has 1 aliphatic rings. The number of aliphatic carboxylic acids is 1. The summed E-state index contributed by atoms with van der Waals surface area (Å²) in [7, 11) is 0. The van der Waals surface area contributed by atoms with Gasteiger partial charge in [-0.3, -0.25) is 19.2 Å². The summed E-state index contributed by atoms with van der Waals surface area (Å²) in [4.78, 5) is 66.4. The van der Waals surface area contributed by atoms with Crippen LogP contribution in [0.3, 0.4) is 0 Å². The van der Waals surface area contributed by atoms with Gasteiger partial charge in [-0.25, -0.2) is 4.79 Å². The summed E-state index contributed by atoms with van der Waals surface area (Å²) < 4.78 is 0. The molecule has 0 saturated heterocycles. The van der Waals surface area contributed by atoms with E-state index in [0.717, 1.165) is 11.1 Å². The average molecular weight is 636 g/mol. The number of carbonyl (C=O) groups excluding carboxylic acids is 4. The zero-order chi connectivity index (χ0) is 33.5. The highest BCUT2D eigenvalue weighted by Gasteiger charge is 2.34. The topological polar surface area (TPSA) is 177 Å². The maximum absolute atomic E-state index is 14.0. The molecule has 0 radical (unpaired) electrons. The molecule has 0 fully saturated rings. The van der Waals surface area contributed by atoms with Crippen molar-refractivity contribution in [2.45, 2.75) is 64.1 Å². The lowest BCUT2D eigenvalue weighted by molar-refractivity contribution is -0.152. The normalized spacial score (nSPS) is 20.8. The smallest absolute Gasteiger partial charge is 0.326 e. The lowest BCUT2D eigenvalue weighted by atomic mass is 9.99. The highest BCUT2D eigenvalue weighted by atomic mass is 16.4. The van der Waals surface area contributed by atoms with Gasteiger partial charge in [-0.05, 0) is 61.4 Å². The van der Waals surface area contributed by atoms with Gasteiger partial charge in [-0.15, -0.1) is 0 Å². The number of carboxylic acids is 1. The number of benzene rings is 2. The molecule has 12 nitrogen and oxygen atoms in total. The van der Waals surface area contributed by atoms with Crippen molar-refractivity contribution in [2.75, 3.05) is 26.2 Å². The summed E-state index contributed by atoms with van der Waals surface area (Å²) in [6.07, 6.45) is 5.37. The van der Waals surface area contributed by atoms with E-state index in [4.69, 9.17) is 0 Å². The Labute approximate surface area is 269 Å². The van der Waals surface area contributed by atoms with Crippen LogP contribution in [0.2, 0.25) is 0 Å². The minimum Gasteiger partial charge on any atom is -0.508 e. The fourth-order valence-electron chi connectivity index (χ4n) is 5.17. The van der Waals surface area contributed by atoms with Gasteiger partial charge >= 0.3 is 5.97 Å². The van der Waals surface area contributed by atoms with Crippen LogP contribution in [0.25, 0.3) is 0 Å². The van der Waals surface area contributed by atoms with Crippen LogP contribution >= 0.6 is 0 Å². The van der Waals surface area contributed by atoms with Crippen LogP contribution in [0, 0.1) is 5.92 Å². The predicted octanol–water partition coefficient (Wildman–Crippen LogP) is 1.53. The molecule has 12 heteroatoms. The summed E-state index contributed by atoms with van der Waals surface area (Å²) in [6.45, 7) is 3.52. The van der Waals surface area contributed by atoms with E-state index in [0.29, 0.717) is 25.8 Å². The molecule has 0 spiro atoms. The number of aromatic hydroxyl groups is 1. The minimum absolute atomic E-state index is 0.00397. The summed E-state index contributed by atoms with van der Waals surface area (Å²) >= 11 is 0. The zero-order valence-corrected chi connectivity index (χ0v) is 26.4. The number of carboxylic acid groups (broad SMARTS) is 1. The number of carbonyl (C=O) groups is 5. The third-order valence-electron chi connectivity index (χ3n) is 7.52. The molecular weight excluding hydrogens is 590 g/mol. The summed E-state index contributed by atoms with van der Waals surface area (Å²) in [6, 6.07) is 12.7. The Morgan fingerprint density at radius 3 is 2.15 bits per heavy atom. The summed E-state index contributed by atoms with van der Waals surface area (Å²) in [5, 5.41) is 30.7. The Bertz CT molecular complexity index is 1350. The van der Waals surface area contributed by atoms with E-state index >= 15 is 0 Å². The molecular formula is C34H45N5O7. The van der Waals surface area contributed by atoms with Crippen molar-refractivity contribution in [3.8, 4) is 5.75 Å². The van der Waals surface area contributed by atoms with Gasteiger partial charge in [-0.1, -0.05) is 68.5 Å². The van der Waals surface area contributed by atoms with Crippen LogP contribution in [0.5, 0.6) is 5.75 Å². The highest BCUT2D eigenvalue weighted by Crippen LogP contribution is 2.17. The van der Waals surface area contributed by atoms with E-state index in [9.17, 15) is 34.2 Å². The van der Waals surface area contributed by atoms with Gasteiger partial charge in [-0.2, -0.15) is 0 Å². The predicted molar refractivity (Wildman–Crippen MR) is 173 cm³/mol. The SMILES string of the molecule is CC(C)C[C@@H](C(=O)O)N1CC/C=C/CCN[C@@H](Cc2ccc(O)cc2)C(=O)NCC(=O)NCC(=O)N[C@@H](Cc2ccccc2)C1=O. The Balaban J connectivity index is 1.85. The number of nitrogens with one attached hydrogen (secondary N) is 4. The van der Waals surface area contributed by atoms with Crippen molar-refractivity contribution in [2.24, 2.45) is 5.92 Å². The van der Waals surface area contributed by atoms with Crippen LogP contribution in [0.15, 0.2) is 66.7 Å². The number of rotatable bonds is 8. The van der Waals surface area contributed by atoms with Gasteiger partial charge in [0.2, 0.25) is 23.6 Å². The number of amides is 4. The van der Waals surface area contributed by atoms with E-state index in [1.165, 1.54) is 17.0 Å². The second-order valence-corrected chi connectivity index (χ2v) is 11.7. The molecule has 1 heterocycles. The third kappa shape index (κ3) is 12.0. The third-order valence-corrected chi connectivity index (χ3v) is 7.52. The standard InChI is InChI=1S/C34H45N5O7/c1-23(2)18-29(34(45)46)39-17-9-4-3-8-16-35-27(19-25-12-14-26(40)15-13-25)32(43)37-21-30(41)36-22-31(42)38-28(33(39)44)20-24-10-6-5-7-11-24/h3-7,10-15,23,27-29,35,40H,8-9,16-22H2,1-2H3,(H,36,41)(H,37,43)(H,38,42)(H,45,46)/b4-3+/t27-,28-,29-/m0/s1. The van der Waals surface area contributed by atoms with E-state index in [1.54, 1.807) is 12.1 Å². The first kappa shape index (κ1) is 35.8. The largest absolute Gasteiger partial charge is 0.508 e. The monoisotopic (exact) mass is 635 g/mol.